The predicted octanol–water partition coefficient (Wildman–Crippen LogP) is 0.00640. The van der Waals surface area contributed by atoms with E-state index in [1.54, 1.807) is 4.90 Å². The monoisotopic (exact) mass is 269 g/mol. The predicted molar refractivity (Wildman–Crippen MR) is 70.2 cm³/mol. The van der Waals surface area contributed by atoms with Crippen LogP contribution in [0.3, 0.4) is 0 Å². The summed E-state index contributed by atoms with van der Waals surface area (Å²) in [6.07, 6.45) is 1.97. The number of piperidine rings is 2. The zero-order valence-electron chi connectivity index (χ0n) is 11.4. The van der Waals surface area contributed by atoms with E-state index in [0.717, 1.165) is 12.8 Å². The lowest BCUT2D eigenvalue weighted by Gasteiger charge is -2.38. The molecule has 0 bridgehead atoms. The maximum absolute atomic E-state index is 12.4. The van der Waals surface area contributed by atoms with E-state index in [0.29, 0.717) is 32.6 Å². The molecule has 0 aromatic heterocycles. The first-order valence-corrected chi connectivity index (χ1v) is 7.00. The molecular weight excluding hydrogens is 246 g/mol. The summed E-state index contributed by atoms with van der Waals surface area (Å²) in [5.41, 5.74) is 5.28. The molecule has 2 aliphatic rings. The number of amides is 3. The first kappa shape index (κ1) is 14.1. The molecule has 0 radical (unpaired) electrons. The molecule has 2 rings (SSSR count). The fourth-order valence-electron chi connectivity index (χ4n) is 2.97. The minimum Gasteiger partial charge on any atom is -0.393 e. The Morgan fingerprint density at radius 3 is 2.53 bits per heavy atom. The van der Waals surface area contributed by atoms with Crippen molar-refractivity contribution in [2.24, 2.45) is 17.6 Å². The molecule has 3 atom stereocenters. The minimum absolute atomic E-state index is 0.102. The van der Waals surface area contributed by atoms with Crippen molar-refractivity contribution < 1.29 is 14.7 Å². The lowest BCUT2D eigenvalue weighted by atomic mass is 9.92. The molecule has 0 aromatic rings. The van der Waals surface area contributed by atoms with Crippen molar-refractivity contribution >= 4 is 11.9 Å². The Kier molecular flexibility index (Phi) is 4.29. The van der Waals surface area contributed by atoms with Gasteiger partial charge < -0.3 is 20.6 Å². The molecule has 3 unspecified atom stereocenters. The number of carbonyl (C=O) groups excluding carboxylic acids is 2. The first-order chi connectivity index (χ1) is 8.99. The summed E-state index contributed by atoms with van der Waals surface area (Å²) in [6.45, 7) is 4.25. The van der Waals surface area contributed by atoms with Crippen LogP contribution in [0.1, 0.15) is 26.2 Å². The fraction of sp³-hybridized carbons (Fsp3) is 0.846. The van der Waals surface area contributed by atoms with Gasteiger partial charge in [0.2, 0.25) is 5.91 Å². The van der Waals surface area contributed by atoms with E-state index < -0.39 is 6.03 Å². The van der Waals surface area contributed by atoms with Crippen LogP contribution in [0.4, 0.5) is 4.79 Å². The molecule has 0 aliphatic carbocycles. The fourth-order valence-corrected chi connectivity index (χ4v) is 2.97. The van der Waals surface area contributed by atoms with E-state index in [1.807, 2.05) is 11.8 Å². The number of hydrogen-bond donors (Lipinski definition) is 2. The Morgan fingerprint density at radius 1 is 1.16 bits per heavy atom. The Labute approximate surface area is 113 Å². The van der Waals surface area contributed by atoms with Crippen LogP contribution >= 0.6 is 0 Å². The molecule has 2 aliphatic heterocycles. The lowest BCUT2D eigenvalue weighted by Crippen LogP contribution is -2.51. The second kappa shape index (κ2) is 5.77. The van der Waals surface area contributed by atoms with Gasteiger partial charge in [-0.05, 0) is 25.2 Å². The van der Waals surface area contributed by atoms with E-state index >= 15 is 0 Å². The van der Waals surface area contributed by atoms with Crippen molar-refractivity contribution in [1.29, 1.82) is 0 Å². The second-order valence-electron chi connectivity index (χ2n) is 5.74. The zero-order chi connectivity index (χ0) is 14.0. The first-order valence-electron chi connectivity index (χ1n) is 7.00. The van der Waals surface area contributed by atoms with E-state index in [9.17, 15) is 14.7 Å². The van der Waals surface area contributed by atoms with Crippen molar-refractivity contribution in [1.82, 2.24) is 9.80 Å². The molecule has 2 heterocycles. The van der Waals surface area contributed by atoms with Crippen LogP contribution in [0.15, 0.2) is 0 Å². The Hall–Kier alpha value is -1.30. The highest BCUT2D eigenvalue weighted by atomic mass is 16.3. The molecule has 108 valence electrons. The van der Waals surface area contributed by atoms with Gasteiger partial charge in [-0.2, -0.15) is 0 Å². The number of primary amides is 1. The van der Waals surface area contributed by atoms with Crippen LogP contribution in [-0.4, -0.2) is 59.1 Å². The molecule has 2 fully saturated rings. The van der Waals surface area contributed by atoms with Gasteiger partial charge in [0.1, 0.15) is 0 Å². The van der Waals surface area contributed by atoms with E-state index in [-0.39, 0.29) is 23.8 Å². The van der Waals surface area contributed by atoms with Crippen LogP contribution in [0.2, 0.25) is 0 Å². The molecule has 0 aromatic carbocycles. The van der Waals surface area contributed by atoms with E-state index in [2.05, 4.69) is 0 Å². The van der Waals surface area contributed by atoms with Gasteiger partial charge >= 0.3 is 6.03 Å². The second-order valence-corrected chi connectivity index (χ2v) is 5.74. The Balaban J connectivity index is 1.94. The van der Waals surface area contributed by atoms with Crippen LogP contribution in [-0.2, 0) is 4.79 Å². The van der Waals surface area contributed by atoms with Crippen LogP contribution in [0.25, 0.3) is 0 Å². The summed E-state index contributed by atoms with van der Waals surface area (Å²) < 4.78 is 0. The largest absolute Gasteiger partial charge is 0.393 e. The highest BCUT2D eigenvalue weighted by Crippen LogP contribution is 2.23. The van der Waals surface area contributed by atoms with Crippen molar-refractivity contribution in [3.05, 3.63) is 0 Å². The summed E-state index contributed by atoms with van der Waals surface area (Å²) in [4.78, 5) is 27.0. The quantitative estimate of drug-likeness (QED) is 0.703. The topological polar surface area (TPSA) is 86.9 Å². The third-order valence-corrected chi connectivity index (χ3v) is 4.25. The standard InChI is InChI=1S/C13H23N3O3/c1-9-7-15(6-4-11(9)17)12(18)10-3-2-5-16(8-10)13(14)19/h9-11,17H,2-8H2,1H3,(H2,14,19). The molecule has 2 saturated heterocycles. The zero-order valence-corrected chi connectivity index (χ0v) is 11.4. The normalized spacial score (nSPS) is 32.2. The molecule has 0 saturated carbocycles. The summed E-state index contributed by atoms with van der Waals surface area (Å²) in [5.74, 6) is 0.0851. The number of carbonyl (C=O) groups is 2. The average molecular weight is 269 g/mol. The lowest BCUT2D eigenvalue weighted by molar-refractivity contribution is -0.140. The van der Waals surface area contributed by atoms with Crippen molar-refractivity contribution in [2.75, 3.05) is 26.2 Å². The third kappa shape index (κ3) is 3.18. The van der Waals surface area contributed by atoms with Crippen LogP contribution in [0.5, 0.6) is 0 Å². The molecule has 6 nitrogen and oxygen atoms in total. The summed E-state index contributed by atoms with van der Waals surface area (Å²) in [5, 5.41) is 9.70. The van der Waals surface area contributed by atoms with Gasteiger partial charge in [-0.1, -0.05) is 6.92 Å². The van der Waals surface area contributed by atoms with Crippen molar-refractivity contribution in [3.63, 3.8) is 0 Å². The highest BCUT2D eigenvalue weighted by molar-refractivity contribution is 5.80. The summed E-state index contributed by atoms with van der Waals surface area (Å²) in [6, 6.07) is -0.445. The van der Waals surface area contributed by atoms with Gasteiger partial charge in [-0.25, -0.2) is 4.79 Å². The van der Waals surface area contributed by atoms with Gasteiger partial charge in [0.15, 0.2) is 0 Å². The SMILES string of the molecule is CC1CN(C(=O)C2CCCN(C(N)=O)C2)CCC1O. The molecule has 0 spiro atoms. The van der Waals surface area contributed by atoms with Gasteiger partial charge in [-0.15, -0.1) is 0 Å². The molecule has 3 amide bonds. The Morgan fingerprint density at radius 2 is 1.89 bits per heavy atom. The maximum Gasteiger partial charge on any atom is 0.314 e. The maximum atomic E-state index is 12.4. The van der Waals surface area contributed by atoms with Gasteiger partial charge in [-0.3, -0.25) is 4.79 Å². The summed E-state index contributed by atoms with van der Waals surface area (Å²) in [7, 11) is 0. The number of rotatable bonds is 1. The van der Waals surface area contributed by atoms with Gasteiger partial charge in [0, 0.05) is 26.2 Å². The van der Waals surface area contributed by atoms with Crippen LogP contribution in [0, 0.1) is 11.8 Å². The molecule has 3 N–H and O–H groups in total. The third-order valence-electron chi connectivity index (χ3n) is 4.25. The number of aliphatic hydroxyl groups excluding tert-OH is 1. The average Bonchev–Trinajstić information content (AvgIpc) is 2.41. The number of urea groups is 1. The van der Waals surface area contributed by atoms with E-state index in [4.69, 9.17) is 5.73 Å². The van der Waals surface area contributed by atoms with Crippen molar-refractivity contribution in [2.45, 2.75) is 32.3 Å². The smallest absolute Gasteiger partial charge is 0.314 e. The molecule has 6 heteroatoms. The number of nitrogens with two attached hydrogens (primary N) is 1. The summed E-state index contributed by atoms with van der Waals surface area (Å²) >= 11 is 0. The number of likely N-dealkylation sites (tertiary alicyclic amines) is 2. The number of hydrogen-bond acceptors (Lipinski definition) is 3. The van der Waals surface area contributed by atoms with E-state index in [1.165, 1.54) is 0 Å². The minimum atomic E-state index is -0.445. The Bertz CT molecular complexity index is 361. The van der Waals surface area contributed by atoms with Crippen LogP contribution < -0.4 is 5.73 Å². The van der Waals surface area contributed by atoms with Gasteiger partial charge in [0.05, 0.1) is 12.0 Å². The van der Waals surface area contributed by atoms with Crippen molar-refractivity contribution in [3.8, 4) is 0 Å². The highest BCUT2D eigenvalue weighted by Gasteiger charge is 2.34. The molecule has 19 heavy (non-hydrogen) atoms. The number of nitrogens with zero attached hydrogens (tertiary/aromatic N) is 2. The van der Waals surface area contributed by atoms with Gasteiger partial charge in [0.25, 0.3) is 0 Å². The molecular formula is C13H23N3O3. The number of aliphatic hydroxyl groups is 1.